The maximum Gasteiger partial charge on any atom is 0.244 e. The number of fused-ring (bicyclic) bond motifs is 1. The van der Waals surface area contributed by atoms with Crippen LogP contribution >= 0.6 is 0 Å². The summed E-state index contributed by atoms with van der Waals surface area (Å²) >= 11 is 0. The van der Waals surface area contributed by atoms with Crippen LogP contribution in [-0.2, 0) is 11.8 Å². The molecule has 0 fully saturated rings. The third-order valence-corrected chi connectivity index (χ3v) is 4.61. The highest BCUT2D eigenvalue weighted by molar-refractivity contribution is 5.93. The van der Waals surface area contributed by atoms with E-state index < -0.39 is 0 Å². The Morgan fingerprint density at radius 3 is 2.60 bits per heavy atom. The third-order valence-electron chi connectivity index (χ3n) is 4.61. The Morgan fingerprint density at radius 1 is 1.16 bits per heavy atom. The van der Waals surface area contributed by atoms with Gasteiger partial charge in [-0.3, -0.25) is 9.48 Å². The van der Waals surface area contributed by atoms with Gasteiger partial charge in [0.25, 0.3) is 0 Å². The van der Waals surface area contributed by atoms with Gasteiger partial charge in [-0.25, -0.2) is 0 Å². The van der Waals surface area contributed by atoms with Gasteiger partial charge in [-0.2, -0.15) is 5.10 Å². The standard InChI is InChI=1S/C21H23N3O/c1-14(19-11-7-9-17-8-5-6-10-20(17)19)22-21(25)13-12-18-15(2)23-24(4)16(18)3/h5-14H,1-4H3,(H,22,25)/b13-12+. The summed E-state index contributed by atoms with van der Waals surface area (Å²) in [7, 11) is 1.91. The lowest BCUT2D eigenvalue weighted by Crippen LogP contribution is -2.24. The number of hydrogen-bond acceptors (Lipinski definition) is 2. The first-order chi connectivity index (χ1) is 12.0. The number of rotatable bonds is 4. The Labute approximate surface area is 148 Å². The van der Waals surface area contributed by atoms with Crippen molar-refractivity contribution in [3.05, 3.63) is 71.1 Å². The zero-order chi connectivity index (χ0) is 18.0. The number of benzene rings is 2. The van der Waals surface area contributed by atoms with Crippen LogP contribution in [0.4, 0.5) is 0 Å². The van der Waals surface area contributed by atoms with Gasteiger partial charge in [0.2, 0.25) is 5.91 Å². The SMILES string of the molecule is Cc1nn(C)c(C)c1/C=C/C(=O)NC(C)c1cccc2ccccc12. The Bertz CT molecular complexity index is 948. The van der Waals surface area contributed by atoms with E-state index in [1.54, 1.807) is 6.08 Å². The fraction of sp³-hybridized carbons (Fsp3) is 0.238. The average Bonchev–Trinajstić information content (AvgIpc) is 2.84. The molecule has 1 amide bonds. The first-order valence-corrected chi connectivity index (χ1v) is 8.44. The molecule has 4 nitrogen and oxygen atoms in total. The topological polar surface area (TPSA) is 46.9 Å². The van der Waals surface area contributed by atoms with E-state index in [0.717, 1.165) is 22.5 Å². The fourth-order valence-electron chi connectivity index (χ4n) is 3.16. The zero-order valence-electron chi connectivity index (χ0n) is 15.1. The van der Waals surface area contributed by atoms with E-state index in [1.807, 2.05) is 56.8 Å². The number of aryl methyl sites for hydroxylation is 2. The van der Waals surface area contributed by atoms with Crippen LogP contribution in [0.3, 0.4) is 0 Å². The molecule has 25 heavy (non-hydrogen) atoms. The highest BCUT2D eigenvalue weighted by Crippen LogP contribution is 2.24. The summed E-state index contributed by atoms with van der Waals surface area (Å²) in [4.78, 5) is 12.3. The molecular weight excluding hydrogens is 310 g/mol. The van der Waals surface area contributed by atoms with E-state index in [2.05, 4.69) is 34.7 Å². The van der Waals surface area contributed by atoms with Crippen LogP contribution in [0, 0.1) is 13.8 Å². The Morgan fingerprint density at radius 2 is 1.88 bits per heavy atom. The molecule has 4 heteroatoms. The second kappa shape index (κ2) is 6.93. The molecule has 1 aromatic heterocycles. The molecule has 0 aliphatic carbocycles. The molecule has 1 atom stereocenters. The monoisotopic (exact) mass is 333 g/mol. The smallest absolute Gasteiger partial charge is 0.244 e. The second-order valence-electron chi connectivity index (χ2n) is 6.34. The third kappa shape index (κ3) is 3.48. The second-order valence-corrected chi connectivity index (χ2v) is 6.34. The van der Waals surface area contributed by atoms with Crippen molar-refractivity contribution < 1.29 is 4.79 Å². The number of amides is 1. The molecule has 0 bridgehead atoms. The van der Waals surface area contributed by atoms with Crippen molar-refractivity contribution >= 4 is 22.8 Å². The summed E-state index contributed by atoms with van der Waals surface area (Å²) in [5.41, 5.74) is 4.08. The van der Waals surface area contributed by atoms with E-state index in [-0.39, 0.29) is 11.9 Å². The molecule has 0 aliphatic rings. The minimum Gasteiger partial charge on any atom is -0.346 e. The minimum atomic E-state index is -0.108. The largest absolute Gasteiger partial charge is 0.346 e. The van der Waals surface area contributed by atoms with Crippen LogP contribution in [0.15, 0.2) is 48.5 Å². The van der Waals surface area contributed by atoms with Gasteiger partial charge >= 0.3 is 0 Å². The maximum absolute atomic E-state index is 12.3. The lowest BCUT2D eigenvalue weighted by molar-refractivity contribution is -0.117. The normalized spacial score (nSPS) is 12.6. The van der Waals surface area contributed by atoms with Crippen molar-refractivity contribution in [2.75, 3.05) is 0 Å². The van der Waals surface area contributed by atoms with Gasteiger partial charge in [0.05, 0.1) is 11.7 Å². The highest BCUT2D eigenvalue weighted by Gasteiger charge is 2.11. The Balaban J connectivity index is 1.77. The van der Waals surface area contributed by atoms with Gasteiger partial charge in [0.15, 0.2) is 0 Å². The summed E-state index contributed by atoms with van der Waals surface area (Å²) < 4.78 is 1.83. The molecule has 0 radical (unpaired) electrons. The Hall–Kier alpha value is -2.88. The van der Waals surface area contributed by atoms with Crippen molar-refractivity contribution in [2.24, 2.45) is 7.05 Å². The predicted octanol–water partition coefficient (Wildman–Crippen LogP) is 4.08. The van der Waals surface area contributed by atoms with Crippen molar-refractivity contribution in [1.82, 2.24) is 15.1 Å². The number of hydrogen-bond donors (Lipinski definition) is 1. The van der Waals surface area contributed by atoms with Gasteiger partial charge < -0.3 is 5.32 Å². The van der Waals surface area contributed by atoms with Crippen LogP contribution in [0.2, 0.25) is 0 Å². The van der Waals surface area contributed by atoms with Crippen molar-refractivity contribution in [3.8, 4) is 0 Å². The molecule has 3 aromatic rings. The van der Waals surface area contributed by atoms with Gasteiger partial charge in [-0.15, -0.1) is 0 Å². The van der Waals surface area contributed by atoms with E-state index >= 15 is 0 Å². The van der Waals surface area contributed by atoms with Crippen LogP contribution in [0.1, 0.15) is 35.5 Å². The molecule has 128 valence electrons. The predicted molar refractivity (Wildman–Crippen MR) is 102 cm³/mol. The molecule has 1 heterocycles. The van der Waals surface area contributed by atoms with Crippen LogP contribution < -0.4 is 5.32 Å². The van der Waals surface area contributed by atoms with Gasteiger partial charge in [0, 0.05) is 24.4 Å². The molecule has 3 rings (SSSR count). The summed E-state index contributed by atoms with van der Waals surface area (Å²) in [6.45, 7) is 5.95. The molecule has 2 aromatic carbocycles. The van der Waals surface area contributed by atoms with Gasteiger partial charge in [-0.05, 0) is 43.2 Å². The van der Waals surface area contributed by atoms with E-state index in [0.29, 0.717) is 0 Å². The van der Waals surface area contributed by atoms with Crippen LogP contribution in [-0.4, -0.2) is 15.7 Å². The fourth-order valence-corrected chi connectivity index (χ4v) is 3.16. The van der Waals surface area contributed by atoms with Crippen LogP contribution in [0.5, 0.6) is 0 Å². The van der Waals surface area contributed by atoms with Crippen LogP contribution in [0.25, 0.3) is 16.8 Å². The first-order valence-electron chi connectivity index (χ1n) is 8.44. The minimum absolute atomic E-state index is 0.0701. The number of aromatic nitrogens is 2. The first kappa shape index (κ1) is 17.0. The molecule has 0 aliphatic heterocycles. The lowest BCUT2D eigenvalue weighted by Gasteiger charge is -2.15. The summed E-state index contributed by atoms with van der Waals surface area (Å²) in [5.74, 6) is -0.108. The average molecular weight is 333 g/mol. The Kier molecular flexibility index (Phi) is 4.70. The van der Waals surface area contributed by atoms with E-state index in [1.165, 1.54) is 10.8 Å². The van der Waals surface area contributed by atoms with Gasteiger partial charge in [-0.1, -0.05) is 42.5 Å². The molecule has 0 saturated heterocycles. The van der Waals surface area contributed by atoms with Crippen molar-refractivity contribution in [3.63, 3.8) is 0 Å². The molecule has 1 N–H and O–H groups in total. The molecular formula is C21H23N3O. The van der Waals surface area contributed by atoms with Crippen molar-refractivity contribution in [1.29, 1.82) is 0 Å². The molecule has 1 unspecified atom stereocenters. The number of carbonyl (C=O) groups is 1. The summed E-state index contributed by atoms with van der Waals surface area (Å²) in [6, 6.07) is 14.3. The van der Waals surface area contributed by atoms with Gasteiger partial charge in [0.1, 0.15) is 0 Å². The number of nitrogens with zero attached hydrogens (tertiary/aromatic N) is 2. The number of nitrogens with one attached hydrogen (secondary N) is 1. The maximum atomic E-state index is 12.3. The summed E-state index contributed by atoms with van der Waals surface area (Å²) in [6.07, 6.45) is 3.42. The van der Waals surface area contributed by atoms with E-state index in [9.17, 15) is 4.79 Å². The summed E-state index contributed by atoms with van der Waals surface area (Å²) in [5, 5.41) is 9.76. The quantitative estimate of drug-likeness (QED) is 0.731. The zero-order valence-corrected chi connectivity index (χ0v) is 15.1. The number of carbonyl (C=O) groups excluding carboxylic acids is 1. The highest BCUT2D eigenvalue weighted by atomic mass is 16.1. The van der Waals surface area contributed by atoms with E-state index in [4.69, 9.17) is 0 Å². The lowest BCUT2D eigenvalue weighted by atomic mass is 10.00. The molecule has 0 spiro atoms. The van der Waals surface area contributed by atoms with Crippen molar-refractivity contribution in [2.45, 2.75) is 26.8 Å². The molecule has 0 saturated carbocycles.